The van der Waals surface area contributed by atoms with Gasteiger partial charge in [-0.3, -0.25) is 0 Å². The SMILES string of the molecule is NC1COc2cc(OC3CCOC3)ccc21. The predicted molar refractivity (Wildman–Crippen MR) is 58.7 cm³/mol. The van der Waals surface area contributed by atoms with Crippen LogP contribution in [0.3, 0.4) is 0 Å². The second-order valence-corrected chi connectivity index (χ2v) is 4.22. The molecular formula is C12H15NO3. The molecule has 0 amide bonds. The van der Waals surface area contributed by atoms with Gasteiger partial charge in [-0.15, -0.1) is 0 Å². The van der Waals surface area contributed by atoms with Crippen LogP contribution in [0.15, 0.2) is 18.2 Å². The van der Waals surface area contributed by atoms with Crippen LogP contribution in [0.25, 0.3) is 0 Å². The topological polar surface area (TPSA) is 53.7 Å². The Bertz CT molecular complexity index is 388. The van der Waals surface area contributed by atoms with Gasteiger partial charge in [0.2, 0.25) is 0 Å². The average Bonchev–Trinajstić information content (AvgIpc) is 2.90. The molecule has 0 saturated carbocycles. The monoisotopic (exact) mass is 221 g/mol. The Kier molecular flexibility index (Phi) is 2.46. The van der Waals surface area contributed by atoms with E-state index in [9.17, 15) is 0 Å². The first-order valence-electron chi connectivity index (χ1n) is 5.59. The first kappa shape index (κ1) is 9.93. The molecule has 4 heteroatoms. The molecule has 2 heterocycles. The second kappa shape index (κ2) is 3.96. The fourth-order valence-corrected chi connectivity index (χ4v) is 2.09. The molecule has 1 aromatic rings. The number of nitrogens with two attached hydrogens (primary N) is 1. The van der Waals surface area contributed by atoms with Gasteiger partial charge in [0, 0.05) is 18.1 Å². The van der Waals surface area contributed by atoms with Gasteiger partial charge in [0.05, 0.1) is 19.3 Å². The van der Waals surface area contributed by atoms with Gasteiger partial charge in [0.1, 0.15) is 24.2 Å². The minimum absolute atomic E-state index is 0.00105. The summed E-state index contributed by atoms with van der Waals surface area (Å²) >= 11 is 0. The van der Waals surface area contributed by atoms with Crippen molar-refractivity contribution in [1.29, 1.82) is 0 Å². The van der Waals surface area contributed by atoms with Crippen molar-refractivity contribution >= 4 is 0 Å². The third-order valence-electron chi connectivity index (χ3n) is 2.99. The molecule has 2 N–H and O–H groups in total. The summed E-state index contributed by atoms with van der Waals surface area (Å²) in [5.41, 5.74) is 6.94. The molecule has 16 heavy (non-hydrogen) atoms. The standard InChI is InChI=1S/C12H15NO3/c13-11-7-15-12-5-8(1-2-10(11)12)16-9-3-4-14-6-9/h1-2,5,9,11H,3-4,6-7,13H2. The summed E-state index contributed by atoms with van der Waals surface area (Å²) < 4.78 is 16.5. The highest BCUT2D eigenvalue weighted by atomic mass is 16.5. The van der Waals surface area contributed by atoms with Crippen molar-refractivity contribution in [3.05, 3.63) is 23.8 Å². The van der Waals surface area contributed by atoms with E-state index in [1.54, 1.807) is 0 Å². The number of ether oxygens (including phenoxy) is 3. The van der Waals surface area contributed by atoms with Crippen molar-refractivity contribution < 1.29 is 14.2 Å². The highest BCUT2D eigenvalue weighted by Crippen LogP contribution is 2.34. The molecule has 2 aliphatic heterocycles. The molecular weight excluding hydrogens is 206 g/mol. The van der Waals surface area contributed by atoms with Crippen molar-refractivity contribution in [2.45, 2.75) is 18.6 Å². The molecule has 0 aromatic heterocycles. The van der Waals surface area contributed by atoms with Gasteiger partial charge >= 0.3 is 0 Å². The molecule has 0 spiro atoms. The van der Waals surface area contributed by atoms with Gasteiger partial charge in [-0.1, -0.05) is 0 Å². The summed E-state index contributed by atoms with van der Waals surface area (Å²) in [5.74, 6) is 1.69. The maximum absolute atomic E-state index is 5.87. The average molecular weight is 221 g/mol. The van der Waals surface area contributed by atoms with Crippen LogP contribution in [-0.2, 0) is 4.74 Å². The summed E-state index contributed by atoms with van der Waals surface area (Å²) in [6.45, 7) is 2.03. The quantitative estimate of drug-likeness (QED) is 0.816. The molecule has 0 radical (unpaired) electrons. The molecule has 4 nitrogen and oxygen atoms in total. The molecule has 2 aliphatic rings. The van der Waals surface area contributed by atoms with Crippen molar-refractivity contribution in [2.24, 2.45) is 5.73 Å². The Hall–Kier alpha value is -1.26. The Morgan fingerprint density at radius 1 is 1.31 bits per heavy atom. The summed E-state index contributed by atoms with van der Waals surface area (Å²) in [6.07, 6.45) is 1.13. The second-order valence-electron chi connectivity index (χ2n) is 4.22. The number of fused-ring (bicyclic) bond motifs is 1. The van der Waals surface area contributed by atoms with Crippen molar-refractivity contribution in [2.75, 3.05) is 19.8 Å². The zero-order valence-corrected chi connectivity index (χ0v) is 9.02. The van der Waals surface area contributed by atoms with E-state index in [2.05, 4.69) is 0 Å². The van der Waals surface area contributed by atoms with Gasteiger partial charge in [0.15, 0.2) is 0 Å². The van der Waals surface area contributed by atoms with Gasteiger partial charge in [-0.25, -0.2) is 0 Å². The minimum atomic E-state index is -0.00105. The van der Waals surface area contributed by atoms with Gasteiger partial charge in [0.25, 0.3) is 0 Å². The van der Waals surface area contributed by atoms with Gasteiger partial charge < -0.3 is 19.9 Å². The van der Waals surface area contributed by atoms with Crippen molar-refractivity contribution in [1.82, 2.24) is 0 Å². The van der Waals surface area contributed by atoms with Crippen LogP contribution in [0.1, 0.15) is 18.0 Å². The Labute approximate surface area is 94.3 Å². The number of benzene rings is 1. The normalized spacial score (nSPS) is 27.6. The van der Waals surface area contributed by atoms with E-state index in [-0.39, 0.29) is 12.1 Å². The largest absolute Gasteiger partial charge is 0.491 e. The lowest BCUT2D eigenvalue weighted by atomic mass is 10.1. The summed E-state index contributed by atoms with van der Waals surface area (Å²) in [4.78, 5) is 0. The van der Waals surface area contributed by atoms with E-state index in [1.807, 2.05) is 18.2 Å². The highest BCUT2D eigenvalue weighted by Gasteiger charge is 2.22. The van der Waals surface area contributed by atoms with E-state index >= 15 is 0 Å². The molecule has 1 saturated heterocycles. The van der Waals surface area contributed by atoms with Crippen molar-refractivity contribution in [3.63, 3.8) is 0 Å². The maximum atomic E-state index is 5.87. The third kappa shape index (κ3) is 1.74. The smallest absolute Gasteiger partial charge is 0.127 e. The lowest BCUT2D eigenvalue weighted by Gasteiger charge is -2.12. The van der Waals surface area contributed by atoms with E-state index in [0.717, 1.165) is 30.1 Å². The predicted octanol–water partition coefficient (Wildman–Crippen LogP) is 1.25. The van der Waals surface area contributed by atoms with Gasteiger partial charge in [-0.05, 0) is 12.1 Å². The van der Waals surface area contributed by atoms with E-state index in [1.165, 1.54) is 0 Å². The van der Waals surface area contributed by atoms with Crippen molar-refractivity contribution in [3.8, 4) is 11.5 Å². The lowest BCUT2D eigenvalue weighted by Crippen LogP contribution is -2.15. The Morgan fingerprint density at radius 2 is 2.25 bits per heavy atom. The van der Waals surface area contributed by atoms with Crippen LogP contribution in [-0.4, -0.2) is 25.9 Å². The van der Waals surface area contributed by atoms with Crippen LogP contribution in [0, 0.1) is 0 Å². The fourth-order valence-electron chi connectivity index (χ4n) is 2.09. The maximum Gasteiger partial charge on any atom is 0.127 e. The molecule has 86 valence electrons. The van der Waals surface area contributed by atoms with Crippen LogP contribution in [0.4, 0.5) is 0 Å². The number of hydrogen-bond acceptors (Lipinski definition) is 4. The van der Waals surface area contributed by atoms with E-state index in [4.69, 9.17) is 19.9 Å². The zero-order valence-electron chi connectivity index (χ0n) is 9.02. The van der Waals surface area contributed by atoms with E-state index in [0.29, 0.717) is 13.2 Å². The molecule has 0 bridgehead atoms. The number of hydrogen-bond donors (Lipinski definition) is 1. The van der Waals surface area contributed by atoms with Crippen LogP contribution in [0.2, 0.25) is 0 Å². The Morgan fingerprint density at radius 3 is 3.06 bits per heavy atom. The van der Waals surface area contributed by atoms with Crippen LogP contribution < -0.4 is 15.2 Å². The summed E-state index contributed by atoms with van der Waals surface area (Å²) in [5, 5.41) is 0. The molecule has 2 unspecified atom stereocenters. The van der Waals surface area contributed by atoms with E-state index < -0.39 is 0 Å². The minimum Gasteiger partial charge on any atom is -0.491 e. The fraction of sp³-hybridized carbons (Fsp3) is 0.500. The zero-order chi connectivity index (χ0) is 11.0. The first-order valence-corrected chi connectivity index (χ1v) is 5.59. The first-order chi connectivity index (χ1) is 7.83. The summed E-state index contributed by atoms with van der Waals surface area (Å²) in [7, 11) is 0. The van der Waals surface area contributed by atoms with Crippen LogP contribution in [0.5, 0.6) is 11.5 Å². The molecule has 2 atom stereocenters. The molecule has 1 aromatic carbocycles. The highest BCUT2D eigenvalue weighted by molar-refractivity contribution is 5.44. The third-order valence-corrected chi connectivity index (χ3v) is 2.99. The van der Waals surface area contributed by atoms with Crippen LogP contribution >= 0.6 is 0 Å². The summed E-state index contributed by atoms with van der Waals surface area (Å²) in [6, 6.07) is 5.85. The molecule has 0 aliphatic carbocycles. The Balaban J connectivity index is 1.76. The van der Waals surface area contributed by atoms with Gasteiger partial charge in [-0.2, -0.15) is 0 Å². The molecule has 3 rings (SSSR count). The molecule has 1 fully saturated rings. The lowest BCUT2D eigenvalue weighted by molar-refractivity contribution is 0.141. The number of rotatable bonds is 2.